The molecule has 2 nitrogen and oxygen atoms in total. The summed E-state index contributed by atoms with van der Waals surface area (Å²) in [6, 6.07) is 3.49. The Kier molecular flexibility index (Phi) is 5.28. The molecule has 0 aliphatic heterocycles. The zero-order valence-corrected chi connectivity index (χ0v) is 12.5. The molecule has 0 aromatic carbocycles. The largest absolute Gasteiger partial charge is 0.351 e. The molecule has 1 amide bonds. The van der Waals surface area contributed by atoms with Gasteiger partial charge in [-0.3, -0.25) is 4.79 Å². The maximum atomic E-state index is 11.7. The first-order valence-corrected chi connectivity index (χ1v) is 7.36. The van der Waals surface area contributed by atoms with E-state index in [2.05, 4.69) is 35.1 Å². The van der Waals surface area contributed by atoms with E-state index in [1.165, 1.54) is 11.3 Å². The van der Waals surface area contributed by atoms with Gasteiger partial charge >= 0.3 is 0 Å². The van der Waals surface area contributed by atoms with Crippen molar-refractivity contribution in [2.24, 2.45) is 5.41 Å². The summed E-state index contributed by atoms with van der Waals surface area (Å²) in [4.78, 5) is 12.4. The second kappa shape index (κ2) is 6.03. The summed E-state index contributed by atoms with van der Waals surface area (Å²) in [7, 11) is 0. The van der Waals surface area contributed by atoms with Crippen LogP contribution in [0.15, 0.2) is 12.1 Å². The summed E-state index contributed by atoms with van der Waals surface area (Å²) < 4.78 is 0.643. The minimum absolute atomic E-state index is 0.0421. The molecule has 16 heavy (non-hydrogen) atoms. The predicted molar refractivity (Wildman–Crippen MR) is 73.9 cm³/mol. The molecule has 1 N–H and O–H groups in total. The fourth-order valence-corrected chi connectivity index (χ4v) is 3.22. The topological polar surface area (TPSA) is 29.1 Å². The highest BCUT2D eigenvalue weighted by Gasteiger charge is 2.18. The zero-order chi connectivity index (χ0) is 12.2. The average molecular weight is 325 g/mol. The Morgan fingerprint density at radius 3 is 2.75 bits per heavy atom. The van der Waals surface area contributed by atoms with Crippen molar-refractivity contribution in [2.75, 3.05) is 11.9 Å². The first-order valence-electron chi connectivity index (χ1n) is 5.04. The number of nitrogens with one attached hydrogen (secondary N) is 1. The van der Waals surface area contributed by atoms with Crippen molar-refractivity contribution in [3.05, 3.63) is 21.3 Å². The molecule has 0 unspecified atom stereocenters. The normalized spacial score (nSPS) is 11.5. The maximum absolute atomic E-state index is 11.7. The van der Waals surface area contributed by atoms with Crippen LogP contribution in [0.25, 0.3) is 0 Å². The van der Waals surface area contributed by atoms with E-state index in [4.69, 9.17) is 11.6 Å². The summed E-state index contributed by atoms with van der Waals surface area (Å²) >= 11 is 10.5. The monoisotopic (exact) mass is 323 g/mol. The minimum Gasteiger partial charge on any atom is -0.351 e. The van der Waals surface area contributed by atoms with E-state index in [1.807, 2.05) is 0 Å². The average Bonchev–Trinajstić information content (AvgIpc) is 2.61. The first kappa shape index (κ1) is 14.0. The molecule has 0 atom stereocenters. The van der Waals surface area contributed by atoms with Crippen molar-refractivity contribution in [1.29, 1.82) is 0 Å². The molecule has 0 saturated carbocycles. The Morgan fingerprint density at radius 1 is 1.56 bits per heavy atom. The molecule has 0 fully saturated rings. The van der Waals surface area contributed by atoms with Crippen LogP contribution >= 0.6 is 38.9 Å². The van der Waals surface area contributed by atoms with Gasteiger partial charge in [0.15, 0.2) is 0 Å². The molecule has 1 aromatic heterocycles. The molecule has 0 spiro atoms. The number of carbonyl (C=O) groups is 1. The van der Waals surface area contributed by atoms with Gasteiger partial charge in [0.1, 0.15) is 0 Å². The predicted octanol–water partition coefficient (Wildman–Crippen LogP) is 3.94. The summed E-state index contributed by atoms with van der Waals surface area (Å²) in [6.45, 7) is 4.94. The fourth-order valence-electron chi connectivity index (χ4n) is 1.19. The molecule has 1 aromatic rings. The highest BCUT2D eigenvalue weighted by Crippen LogP contribution is 2.23. The van der Waals surface area contributed by atoms with Crippen LogP contribution in [0.5, 0.6) is 0 Å². The van der Waals surface area contributed by atoms with Crippen LogP contribution in [-0.2, 0) is 0 Å². The van der Waals surface area contributed by atoms with Crippen molar-refractivity contribution >= 4 is 44.8 Å². The van der Waals surface area contributed by atoms with E-state index in [9.17, 15) is 4.79 Å². The second-order valence-electron chi connectivity index (χ2n) is 4.39. The van der Waals surface area contributed by atoms with Gasteiger partial charge in [-0.15, -0.1) is 11.3 Å². The molecule has 0 saturated heterocycles. The Bertz CT molecular complexity index is 365. The lowest BCUT2D eigenvalue weighted by molar-refractivity contribution is 0.0940. The van der Waals surface area contributed by atoms with Gasteiger partial charge in [-0.25, -0.2) is 0 Å². The van der Waals surface area contributed by atoms with E-state index in [-0.39, 0.29) is 11.3 Å². The van der Waals surface area contributed by atoms with Crippen LogP contribution in [0.4, 0.5) is 0 Å². The Hall–Kier alpha value is -0.0600. The lowest BCUT2D eigenvalue weighted by Gasteiger charge is -2.23. The number of hydrogen-bond acceptors (Lipinski definition) is 2. The smallest absolute Gasteiger partial charge is 0.261 e. The number of thiophene rings is 1. The molecule has 90 valence electrons. The lowest BCUT2D eigenvalue weighted by Crippen LogP contribution is -2.33. The third-order valence-corrected chi connectivity index (χ3v) is 3.92. The minimum atomic E-state index is -0.0421. The Morgan fingerprint density at radius 2 is 2.25 bits per heavy atom. The van der Waals surface area contributed by atoms with Crippen LogP contribution in [0.2, 0.25) is 4.34 Å². The number of carbonyl (C=O) groups excluding carboxylic acids is 1. The Balaban J connectivity index is 2.47. The number of hydrogen-bond donors (Lipinski definition) is 1. The van der Waals surface area contributed by atoms with Crippen molar-refractivity contribution in [3.8, 4) is 0 Å². The van der Waals surface area contributed by atoms with Gasteiger partial charge in [0.2, 0.25) is 0 Å². The van der Waals surface area contributed by atoms with E-state index < -0.39 is 0 Å². The second-order valence-corrected chi connectivity index (χ2v) is 6.90. The SMILES string of the molecule is CC(C)(CCBr)CNC(=O)c1ccc(Cl)s1. The third kappa shape index (κ3) is 4.44. The molecule has 5 heteroatoms. The first-order chi connectivity index (χ1) is 7.44. The Labute approximate surface area is 114 Å². The van der Waals surface area contributed by atoms with Gasteiger partial charge in [-0.1, -0.05) is 41.4 Å². The lowest BCUT2D eigenvalue weighted by atomic mass is 9.90. The molecule has 0 bridgehead atoms. The van der Waals surface area contributed by atoms with Gasteiger partial charge in [-0.2, -0.15) is 0 Å². The number of halogens is 2. The number of rotatable bonds is 5. The molecular weight excluding hydrogens is 310 g/mol. The van der Waals surface area contributed by atoms with E-state index in [0.29, 0.717) is 15.8 Å². The van der Waals surface area contributed by atoms with Gasteiger partial charge in [-0.05, 0) is 24.0 Å². The van der Waals surface area contributed by atoms with Crippen molar-refractivity contribution in [3.63, 3.8) is 0 Å². The zero-order valence-electron chi connectivity index (χ0n) is 9.35. The summed E-state index contributed by atoms with van der Waals surface area (Å²) in [5, 5.41) is 3.87. The fraction of sp³-hybridized carbons (Fsp3) is 0.545. The molecule has 0 radical (unpaired) electrons. The summed E-state index contributed by atoms with van der Waals surface area (Å²) in [5.74, 6) is -0.0421. The van der Waals surface area contributed by atoms with Crippen LogP contribution in [-0.4, -0.2) is 17.8 Å². The van der Waals surface area contributed by atoms with Crippen LogP contribution in [0.1, 0.15) is 29.9 Å². The molecule has 1 heterocycles. The van der Waals surface area contributed by atoms with E-state index >= 15 is 0 Å². The highest BCUT2D eigenvalue weighted by atomic mass is 79.9. The highest BCUT2D eigenvalue weighted by molar-refractivity contribution is 9.09. The number of alkyl halides is 1. The maximum Gasteiger partial charge on any atom is 0.261 e. The number of amides is 1. The third-order valence-electron chi connectivity index (χ3n) is 2.30. The molecule has 0 aliphatic carbocycles. The van der Waals surface area contributed by atoms with Gasteiger partial charge in [0, 0.05) is 11.9 Å². The van der Waals surface area contributed by atoms with Crippen LogP contribution in [0.3, 0.4) is 0 Å². The summed E-state index contributed by atoms with van der Waals surface area (Å²) in [5.41, 5.74) is 0.111. The van der Waals surface area contributed by atoms with Crippen molar-refractivity contribution in [2.45, 2.75) is 20.3 Å². The van der Waals surface area contributed by atoms with Crippen LogP contribution < -0.4 is 5.32 Å². The molecule has 0 aliphatic rings. The standard InChI is InChI=1S/C11H15BrClNOS/c1-11(2,5-6-12)7-14-10(15)8-3-4-9(13)16-8/h3-4H,5-7H2,1-2H3,(H,14,15). The van der Waals surface area contributed by atoms with Crippen LogP contribution in [0, 0.1) is 5.41 Å². The van der Waals surface area contributed by atoms with E-state index in [0.717, 1.165) is 11.8 Å². The van der Waals surface area contributed by atoms with Crippen molar-refractivity contribution < 1.29 is 4.79 Å². The molecular formula is C11H15BrClNOS. The summed E-state index contributed by atoms with van der Waals surface area (Å²) in [6.07, 6.45) is 1.03. The van der Waals surface area contributed by atoms with Gasteiger partial charge < -0.3 is 5.32 Å². The molecule has 1 rings (SSSR count). The van der Waals surface area contributed by atoms with Gasteiger partial charge in [0.25, 0.3) is 5.91 Å². The quantitative estimate of drug-likeness (QED) is 0.817. The van der Waals surface area contributed by atoms with Crippen molar-refractivity contribution in [1.82, 2.24) is 5.32 Å². The van der Waals surface area contributed by atoms with E-state index in [1.54, 1.807) is 12.1 Å². The van der Waals surface area contributed by atoms with Gasteiger partial charge in [0.05, 0.1) is 9.21 Å².